The van der Waals surface area contributed by atoms with Crippen LogP contribution in [0.25, 0.3) is 0 Å². The molecule has 0 aromatic heterocycles. The molecule has 4 nitrogen and oxygen atoms in total. The maximum absolute atomic E-state index is 11.8. The van der Waals surface area contributed by atoms with Crippen LogP contribution >= 0.6 is 22.6 Å². The molecule has 4 aliphatic carbocycles. The molecule has 5 heteroatoms. The number of esters is 1. The standard InChI is InChI=1S/C26H39IO4/c1-17(28)31-22-7-6-20-23-18(5-4-12-27)15-19-16-26(29-13-14-30-26)11-10-24(19,2)21(23)8-9-25(20,22)3/h15,18,20-23H,4-14,16H2,1-3H3/t18-,20-,21-,22-,23-,24-,25-/m0/s1. The average Bonchev–Trinajstić information content (AvgIpc) is 3.32. The molecule has 5 rings (SSSR count). The normalized spacial score (nSPS) is 45.5. The van der Waals surface area contributed by atoms with E-state index in [9.17, 15) is 4.79 Å². The predicted molar refractivity (Wildman–Crippen MR) is 129 cm³/mol. The Morgan fingerprint density at radius 1 is 1.13 bits per heavy atom. The second kappa shape index (κ2) is 8.26. The number of rotatable bonds is 4. The largest absolute Gasteiger partial charge is 0.462 e. The summed E-state index contributed by atoms with van der Waals surface area (Å²) in [5.74, 6) is 2.31. The van der Waals surface area contributed by atoms with Crippen LogP contribution < -0.4 is 0 Å². The molecule has 0 unspecified atom stereocenters. The van der Waals surface area contributed by atoms with Crippen molar-refractivity contribution in [3.05, 3.63) is 11.6 Å². The molecule has 3 saturated carbocycles. The Hall–Kier alpha value is -0.140. The van der Waals surface area contributed by atoms with Gasteiger partial charge in [-0.1, -0.05) is 48.1 Å². The zero-order valence-corrected chi connectivity index (χ0v) is 21.6. The van der Waals surface area contributed by atoms with Crippen LogP contribution in [0.2, 0.25) is 0 Å². The molecular formula is C26H39IO4. The van der Waals surface area contributed by atoms with Gasteiger partial charge in [0.2, 0.25) is 0 Å². The van der Waals surface area contributed by atoms with Crippen molar-refractivity contribution in [3.8, 4) is 0 Å². The number of ether oxygens (including phenoxy) is 3. The first-order chi connectivity index (χ1) is 14.8. The van der Waals surface area contributed by atoms with E-state index in [-0.39, 0.29) is 28.7 Å². The van der Waals surface area contributed by atoms with Crippen LogP contribution in [0.3, 0.4) is 0 Å². The Morgan fingerprint density at radius 2 is 1.90 bits per heavy atom. The number of fused-ring (bicyclic) bond motifs is 5. The van der Waals surface area contributed by atoms with Crippen molar-refractivity contribution in [2.24, 2.45) is 34.5 Å². The van der Waals surface area contributed by atoms with Crippen molar-refractivity contribution in [1.82, 2.24) is 0 Å². The molecule has 1 spiro atoms. The third-order valence-corrected chi connectivity index (χ3v) is 10.7. The molecule has 1 heterocycles. The van der Waals surface area contributed by atoms with Crippen molar-refractivity contribution in [1.29, 1.82) is 0 Å². The van der Waals surface area contributed by atoms with Gasteiger partial charge in [-0.2, -0.15) is 0 Å². The third kappa shape index (κ3) is 3.63. The fraction of sp³-hybridized carbons (Fsp3) is 0.885. The lowest BCUT2D eigenvalue weighted by Crippen LogP contribution is -2.55. The first-order valence-corrected chi connectivity index (χ1v) is 14.1. The molecule has 7 atom stereocenters. The van der Waals surface area contributed by atoms with Gasteiger partial charge in [0.05, 0.1) is 13.2 Å². The van der Waals surface area contributed by atoms with E-state index in [0.717, 1.165) is 44.3 Å². The summed E-state index contributed by atoms with van der Waals surface area (Å²) in [5, 5.41) is 0. The summed E-state index contributed by atoms with van der Waals surface area (Å²) in [6, 6.07) is 0. The van der Waals surface area contributed by atoms with Gasteiger partial charge in [-0.3, -0.25) is 4.79 Å². The fourth-order valence-electron chi connectivity index (χ4n) is 8.45. The minimum atomic E-state index is -0.344. The highest BCUT2D eigenvalue weighted by Crippen LogP contribution is 2.67. The molecule has 31 heavy (non-hydrogen) atoms. The quantitative estimate of drug-likeness (QED) is 0.187. The smallest absolute Gasteiger partial charge is 0.302 e. The fourth-order valence-corrected chi connectivity index (χ4v) is 8.89. The second-order valence-corrected chi connectivity index (χ2v) is 12.5. The van der Waals surface area contributed by atoms with Crippen molar-refractivity contribution in [3.63, 3.8) is 0 Å². The van der Waals surface area contributed by atoms with Crippen LogP contribution in [0, 0.1) is 34.5 Å². The molecular weight excluding hydrogens is 503 g/mol. The van der Waals surface area contributed by atoms with E-state index in [1.54, 1.807) is 12.5 Å². The van der Waals surface area contributed by atoms with Gasteiger partial charge in [-0.15, -0.1) is 0 Å². The Labute approximate surface area is 201 Å². The molecule has 0 bridgehead atoms. The van der Waals surface area contributed by atoms with Crippen LogP contribution in [0.1, 0.15) is 78.6 Å². The van der Waals surface area contributed by atoms with Crippen molar-refractivity contribution >= 4 is 28.6 Å². The van der Waals surface area contributed by atoms with Gasteiger partial charge in [0.25, 0.3) is 0 Å². The zero-order chi connectivity index (χ0) is 21.9. The Morgan fingerprint density at radius 3 is 2.61 bits per heavy atom. The summed E-state index contributed by atoms with van der Waals surface area (Å²) < 4.78 is 19.4. The molecule has 5 aliphatic rings. The van der Waals surface area contributed by atoms with Crippen LogP contribution in [-0.2, 0) is 19.0 Å². The monoisotopic (exact) mass is 542 g/mol. The van der Waals surface area contributed by atoms with Crippen LogP contribution in [0.4, 0.5) is 0 Å². The molecule has 0 radical (unpaired) electrons. The molecule has 0 N–H and O–H groups in total. The topological polar surface area (TPSA) is 44.8 Å². The van der Waals surface area contributed by atoms with E-state index >= 15 is 0 Å². The summed E-state index contributed by atoms with van der Waals surface area (Å²) in [6.07, 6.45) is 13.2. The highest BCUT2D eigenvalue weighted by atomic mass is 127. The first-order valence-electron chi connectivity index (χ1n) is 12.5. The Balaban J connectivity index is 1.49. The second-order valence-electron chi connectivity index (χ2n) is 11.4. The minimum absolute atomic E-state index is 0.106. The SMILES string of the molecule is CC(=O)O[C@H]1CC[C@H]2[C@@H]3[C@@H](CCCI)C=C4CC5(CC[C@]4(C)[C@H]3CC[C@]12C)OCCO5. The number of carbonyl (C=O) groups excluding carboxylic acids is 1. The van der Waals surface area contributed by atoms with E-state index < -0.39 is 0 Å². The summed E-state index contributed by atoms with van der Waals surface area (Å²) in [4.78, 5) is 11.8. The van der Waals surface area contributed by atoms with Gasteiger partial charge in [-0.25, -0.2) is 0 Å². The van der Waals surface area contributed by atoms with E-state index in [4.69, 9.17) is 14.2 Å². The van der Waals surface area contributed by atoms with Crippen molar-refractivity contribution in [2.45, 2.75) is 90.4 Å². The van der Waals surface area contributed by atoms with Gasteiger partial charge < -0.3 is 14.2 Å². The first kappa shape index (κ1) is 22.6. The lowest BCUT2D eigenvalue weighted by molar-refractivity contribution is -0.188. The number of halogens is 1. The molecule has 0 amide bonds. The summed E-state index contributed by atoms with van der Waals surface area (Å²) in [6.45, 7) is 8.04. The van der Waals surface area contributed by atoms with Gasteiger partial charge in [0.1, 0.15) is 6.10 Å². The summed E-state index contributed by atoms with van der Waals surface area (Å²) in [5.41, 5.74) is 2.04. The van der Waals surface area contributed by atoms with Crippen LogP contribution in [-0.4, -0.2) is 35.5 Å². The highest BCUT2D eigenvalue weighted by Gasteiger charge is 2.62. The predicted octanol–water partition coefficient (Wildman–Crippen LogP) is 6.07. The minimum Gasteiger partial charge on any atom is -0.462 e. The van der Waals surface area contributed by atoms with Gasteiger partial charge in [0.15, 0.2) is 5.79 Å². The third-order valence-electron chi connectivity index (χ3n) is 9.99. The molecule has 1 aliphatic heterocycles. The number of carbonyl (C=O) groups is 1. The molecule has 4 fully saturated rings. The zero-order valence-electron chi connectivity index (χ0n) is 19.5. The molecule has 0 aromatic carbocycles. The van der Waals surface area contributed by atoms with Gasteiger partial charge in [-0.05, 0) is 78.5 Å². The lowest BCUT2D eigenvalue weighted by Gasteiger charge is -2.60. The Bertz CT molecular complexity index is 744. The van der Waals surface area contributed by atoms with Crippen molar-refractivity contribution < 1.29 is 19.0 Å². The molecule has 0 aromatic rings. The maximum Gasteiger partial charge on any atom is 0.302 e. The number of alkyl halides is 1. The van der Waals surface area contributed by atoms with Gasteiger partial charge >= 0.3 is 5.97 Å². The maximum atomic E-state index is 11.8. The van der Waals surface area contributed by atoms with E-state index in [1.165, 1.54) is 43.0 Å². The lowest BCUT2D eigenvalue weighted by atomic mass is 9.45. The average molecular weight is 542 g/mol. The molecule has 1 saturated heterocycles. The van der Waals surface area contributed by atoms with Gasteiger partial charge in [0, 0.05) is 25.2 Å². The number of hydrogen-bond donors (Lipinski definition) is 0. The van der Waals surface area contributed by atoms with E-state index in [1.807, 2.05) is 0 Å². The number of hydrogen-bond acceptors (Lipinski definition) is 4. The molecule has 174 valence electrons. The van der Waals surface area contributed by atoms with E-state index in [0.29, 0.717) is 11.8 Å². The highest BCUT2D eigenvalue weighted by molar-refractivity contribution is 14.1. The van der Waals surface area contributed by atoms with Crippen molar-refractivity contribution in [2.75, 3.05) is 17.6 Å². The van der Waals surface area contributed by atoms with Crippen LogP contribution in [0.15, 0.2) is 11.6 Å². The summed E-state index contributed by atoms with van der Waals surface area (Å²) in [7, 11) is 0. The number of allylic oxidation sites excluding steroid dienone is 1. The summed E-state index contributed by atoms with van der Waals surface area (Å²) >= 11 is 2.53. The van der Waals surface area contributed by atoms with Crippen LogP contribution in [0.5, 0.6) is 0 Å². The Kier molecular flexibility index (Phi) is 6.04. The van der Waals surface area contributed by atoms with E-state index in [2.05, 4.69) is 42.5 Å².